The van der Waals surface area contributed by atoms with E-state index in [0.29, 0.717) is 11.1 Å². The van der Waals surface area contributed by atoms with Gasteiger partial charge in [-0.15, -0.1) is 0 Å². The van der Waals surface area contributed by atoms with E-state index in [2.05, 4.69) is 0 Å². The number of Topliss-reactive ketones (excluding diaryl/α,β-unsaturated/α-hetero) is 1. The van der Waals surface area contributed by atoms with Gasteiger partial charge in [0.2, 0.25) is 6.29 Å². The van der Waals surface area contributed by atoms with Gasteiger partial charge in [0.25, 0.3) is 0 Å². The molecular weight excluding hydrogens is 476 g/mol. The number of phenolic OH excluding ortho intramolecular Hbond substituents is 1. The van der Waals surface area contributed by atoms with Gasteiger partial charge in [-0.25, -0.2) is 4.79 Å². The van der Waals surface area contributed by atoms with Crippen LogP contribution < -0.4 is 14.2 Å². The lowest BCUT2D eigenvalue weighted by Gasteiger charge is -2.39. The number of ketones is 1. The maximum absolute atomic E-state index is 12.2. The number of carbonyl (C=O) groups is 2. The lowest BCUT2D eigenvalue weighted by molar-refractivity contribution is -0.278. The molecule has 0 bridgehead atoms. The van der Waals surface area contributed by atoms with Crippen molar-refractivity contribution in [2.24, 2.45) is 0 Å². The first-order chi connectivity index (χ1) is 17.1. The molecule has 0 aliphatic carbocycles. The number of aromatic hydroxyl groups is 1. The molecule has 0 amide bonds. The number of hydrogen-bond acceptors (Lipinski definition) is 11. The predicted octanol–water partition coefficient (Wildman–Crippen LogP) is 1.05. The summed E-state index contributed by atoms with van der Waals surface area (Å²) in [6, 6.07) is 8.85. The van der Waals surface area contributed by atoms with Crippen LogP contribution in [-0.2, 0) is 14.3 Å². The zero-order chi connectivity index (χ0) is 26.4. The van der Waals surface area contributed by atoms with E-state index in [4.69, 9.17) is 23.7 Å². The van der Waals surface area contributed by atoms with E-state index >= 15 is 0 Å². The third-order valence-corrected chi connectivity index (χ3v) is 5.48. The predicted molar refractivity (Wildman–Crippen MR) is 125 cm³/mol. The summed E-state index contributed by atoms with van der Waals surface area (Å²) >= 11 is 0. The molecule has 0 radical (unpaired) electrons. The van der Waals surface area contributed by atoms with Crippen LogP contribution in [0.1, 0.15) is 22.8 Å². The number of aliphatic hydroxyl groups excluding tert-OH is 3. The zero-order valence-corrected chi connectivity index (χ0v) is 19.9. The Morgan fingerprint density at radius 3 is 2.36 bits per heavy atom. The van der Waals surface area contributed by atoms with Crippen molar-refractivity contribution in [2.45, 2.75) is 37.6 Å². The molecule has 5 atom stereocenters. The number of esters is 1. The molecule has 1 aliphatic heterocycles. The monoisotopic (exact) mass is 504 g/mol. The number of phenols is 1. The molecule has 1 heterocycles. The van der Waals surface area contributed by atoms with Crippen molar-refractivity contribution in [3.05, 3.63) is 53.6 Å². The fraction of sp³-hybridized carbons (Fsp3) is 0.360. The van der Waals surface area contributed by atoms with Gasteiger partial charge in [0.1, 0.15) is 42.5 Å². The molecule has 36 heavy (non-hydrogen) atoms. The smallest absolute Gasteiger partial charge is 0.330 e. The van der Waals surface area contributed by atoms with E-state index in [0.717, 1.165) is 6.08 Å². The molecule has 4 N–H and O–H groups in total. The van der Waals surface area contributed by atoms with Crippen molar-refractivity contribution < 1.29 is 53.7 Å². The zero-order valence-electron chi connectivity index (χ0n) is 19.9. The molecule has 194 valence electrons. The topological polar surface area (TPSA) is 161 Å². The van der Waals surface area contributed by atoms with Crippen LogP contribution in [0.25, 0.3) is 6.08 Å². The van der Waals surface area contributed by atoms with E-state index in [1.165, 1.54) is 57.6 Å². The molecule has 1 saturated heterocycles. The number of aliphatic hydroxyl groups is 3. The van der Waals surface area contributed by atoms with Gasteiger partial charge < -0.3 is 44.1 Å². The van der Waals surface area contributed by atoms with Gasteiger partial charge in [-0.3, -0.25) is 4.79 Å². The van der Waals surface area contributed by atoms with Crippen molar-refractivity contribution in [1.82, 2.24) is 0 Å². The maximum Gasteiger partial charge on any atom is 0.330 e. The summed E-state index contributed by atoms with van der Waals surface area (Å²) in [6.45, 7) is 0.937. The Hall–Kier alpha value is -3.64. The highest BCUT2D eigenvalue weighted by molar-refractivity contribution is 5.97. The van der Waals surface area contributed by atoms with Crippen LogP contribution >= 0.6 is 0 Å². The minimum Gasteiger partial charge on any atom is -0.504 e. The number of benzene rings is 2. The average Bonchev–Trinajstić information content (AvgIpc) is 2.87. The van der Waals surface area contributed by atoms with Crippen LogP contribution in [0.3, 0.4) is 0 Å². The summed E-state index contributed by atoms with van der Waals surface area (Å²) in [5.41, 5.74) is 0.891. The Bertz CT molecular complexity index is 1110. The quantitative estimate of drug-likeness (QED) is 0.219. The van der Waals surface area contributed by atoms with Crippen molar-refractivity contribution in [3.8, 4) is 23.0 Å². The first-order valence-corrected chi connectivity index (χ1v) is 10.9. The molecule has 2 aromatic carbocycles. The molecule has 11 nitrogen and oxygen atoms in total. The molecule has 0 aromatic heterocycles. The molecule has 0 unspecified atom stereocenters. The van der Waals surface area contributed by atoms with Gasteiger partial charge >= 0.3 is 5.97 Å². The van der Waals surface area contributed by atoms with E-state index < -0.39 is 43.3 Å². The van der Waals surface area contributed by atoms with Gasteiger partial charge in [0.15, 0.2) is 17.3 Å². The van der Waals surface area contributed by atoms with Crippen LogP contribution in [0, 0.1) is 0 Å². The van der Waals surface area contributed by atoms with E-state index in [9.17, 15) is 30.0 Å². The third-order valence-electron chi connectivity index (χ3n) is 5.48. The number of rotatable bonds is 9. The molecular formula is C25H28O11. The molecule has 3 rings (SSSR count). The van der Waals surface area contributed by atoms with Crippen LogP contribution in [0.2, 0.25) is 0 Å². The fourth-order valence-corrected chi connectivity index (χ4v) is 3.50. The Morgan fingerprint density at radius 2 is 1.69 bits per heavy atom. The van der Waals surface area contributed by atoms with Crippen molar-refractivity contribution in [2.75, 3.05) is 20.8 Å². The summed E-state index contributed by atoms with van der Waals surface area (Å²) in [5.74, 6) is -0.378. The highest BCUT2D eigenvalue weighted by Gasteiger charge is 2.45. The lowest BCUT2D eigenvalue weighted by atomic mass is 9.99. The van der Waals surface area contributed by atoms with Gasteiger partial charge in [0, 0.05) is 12.1 Å². The number of ether oxygens (including phenoxy) is 5. The van der Waals surface area contributed by atoms with Crippen LogP contribution in [0.15, 0.2) is 42.5 Å². The Labute approximate surface area is 207 Å². The number of methoxy groups -OCH3 is 2. The molecule has 11 heteroatoms. The molecule has 1 aliphatic rings. The van der Waals surface area contributed by atoms with Crippen molar-refractivity contribution >= 4 is 17.8 Å². The SMILES string of the molecule is COc1cc(/C=C\C(=O)OC[C@@H]2O[C@H](Oc3ccc(C(C)=O)c(OC)c3)[C@H](O)[C@@H](O)[C@@H]2O)ccc1O. The van der Waals surface area contributed by atoms with E-state index in [1.54, 1.807) is 6.07 Å². The number of carbonyl (C=O) groups excluding carboxylic acids is 2. The lowest BCUT2D eigenvalue weighted by Crippen LogP contribution is -2.60. The van der Waals surface area contributed by atoms with Crippen molar-refractivity contribution in [3.63, 3.8) is 0 Å². The Kier molecular flexibility index (Phi) is 8.88. The summed E-state index contributed by atoms with van der Waals surface area (Å²) in [6.07, 6.45) is -4.89. The molecule has 0 saturated carbocycles. The second-order valence-corrected chi connectivity index (χ2v) is 7.95. The van der Waals surface area contributed by atoms with E-state index in [-0.39, 0.29) is 28.8 Å². The van der Waals surface area contributed by atoms with Crippen molar-refractivity contribution in [1.29, 1.82) is 0 Å². The summed E-state index contributed by atoms with van der Waals surface area (Å²) in [4.78, 5) is 23.8. The number of hydrogen-bond donors (Lipinski definition) is 4. The molecule has 1 fully saturated rings. The van der Waals surface area contributed by atoms with Crippen LogP contribution in [-0.4, -0.2) is 83.7 Å². The standard InChI is InChI=1S/C25H28O11/c1-13(26)16-7-6-15(11-18(16)32-2)35-25-24(31)23(30)22(29)20(36-25)12-34-21(28)9-5-14-4-8-17(27)19(10-14)33-3/h4-11,20,22-25,27,29-31H,12H2,1-3H3/b9-5-/t20-,22+,23-,24+,25-/m0/s1. The highest BCUT2D eigenvalue weighted by Crippen LogP contribution is 2.29. The van der Waals surface area contributed by atoms with Gasteiger partial charge in [-0.1, -0.05) is 6.07 Å². The molecule has 2 aromatic rings. The third kappa shape index (κ3) is 6.32. The molecule has 0 spiro atoms. The fourth-order valence-electron chi connectivity index (χ4n) is 3.50. The Balaban J connectivity index is 1.64. The normalized spacial score (nSPS) is 23.8. The highest BCUT2D eigenvalue weighted by atomic mass is 16.7. The largest absolute Gasteiger partial charge is 0.504 e. The van der Waals surface area contributed by atoms with E-state index in [1.807, 2.05) is 0 Å². The summed E-state index contributed by atoms with van der Waals surface area (Å²) in [7, 11) is 2.78. The second kappa shape index (κ2) is 11.9. The first kappa shape index (κ1) is 27.0. The van der Waals surface area contributed by atoms with Gasteiger partial charge in [0.05, 0.1) is 19.8 Å². The summed E-state index contributed by atoms with van der Waals surface area (Å²) in [5, 5.41) is 40.5. The second-order valence-electron chi connectivity index (χ2n) is 7.95. The van der Waals surface area contributed by atoms with Crippen LogP contribution in [0.4, 0.5) is 0 Å². The minimum absolute atomic E-state index is 0.0496. The summed E-state index contributed by atoms with van der Waals surface area (Å²) < 4.78 is 26.5. The van der Waals surface area contributed by atoms with Gasteiger partial charge in [-0.2, -0.15) is 0 Å². The first-order valence-electron chi connectivity index (χ1n) is 10.9. The maximum atomic E-state index is 12.2. The van der Waals surface area contributed by atoms with Crippen LogP contribution in [0.5, 0.6) is 23.0 Å². The average molecular weight is 504 g/mol. The van der Waals surface area contributed by atoms with Gasteiger partial charge in [-0.05, 0) is 42.8 Å². The Morgan fingerprint density at radius 1 is 0.972 bits per heavy atom. The minimum atomic E-state index is -1.65.